The van der Waals surface area contributed by atoms with E-state index in [0.29, 0.717) is 0 Å². The number of fused-ring (bicyclic) bond motifs is 1. The third-order valence-electron chi connectivity index (χ3n) is 3.52. The van der Waals surface area contributed by atoms with Crippen LogP contribution in [0.5, 0.6) is 0 Å². The van der Waals surface area contributed by atoms with E-state index in [1.165, 1.54) is 5.56 Å². The summed E-state index contributed by atoms with van der Waals surface area (Å²) in [5.41, 5.74) is 6.80. The fourth-order valence-corrected chi connectivity index (χ4v) is 3.04. The molecule has 0 atom stereocenters. The maximum Gasteiger partial charge on any atom is 0.189 e. The van der Waals surface area contributed by atoms with Gasteiger partial charge < -0.3 is 4.74 Å². The van der Waals surface area contributed by atoms with Crippen molar-refractivity contribution in [2.75, 3.05) is 0 Å². The van der Waals surface area contributed by atoms with Gasteiger partial charge in [0.2, 0.25) is 0 Å². The molecule has 0 saturated carbocycles. The summed E-state index contributed by atoms with van der Waals surface area (Å²) in [6.07, 6.45) is 1.00. The molecular weight excluding hydrogens is 286 g/mol. The van der Waals surface area contributed by atoms with E-state index in [-0.39, 0.29) is 11.5 Å². The van der Waals surface area contributed by atoms with Crippen molar-refractivity contribution in [1.82, 2.24) is 0 Å². The number of hydrogen-bond donors (Lipinski definition) is 0. The zero-order valence-electron chi connectivity index (χ0n) is 14.9. The summed E-state index contributed by atoms with van der Waals surface area (Å²) in [5.74, 6) is 4.16. The Kier molecular flexibility index (Phi) is 4.53. The second-order valence-corrected chi connectivity index (χ2v) is 12.7. The maximum atomic E-state index is 5.86. The third kappa shape index (κ3) is 4.24. The van der Waals surface area contributed by atoms with Crippen molar-refractivity contribution in [3.05, 3.63) is 29.3 Å². The van der Waals surface area contributed by atoms with Gasteiger partial charge in [0.25, 0.3) is 0 Å². The van der Waals surface area contributed by atoms with Gasteiger partial charge in [-0.15, -0.1) is 5.54 Å². The first-order valence-corrected chi connectivity index (χ1v) is 11.5. The highest BCUT2D eigenvalue weighted by molar-refractivity contribution is 6.83. The minimum atomic E-state index is -1.36. The van der Waals surface area contributed by atoms with Crippen LogP contribution < -0.4 is 0 Å². The van der Waals surface area contributed by atoms with Crippen molar-refractivity contribution in [3.63, 3.8) is 0 Å². The molecule has 0 unspecified atom stereocenters. The van der Waals surface area contributed by atoms with Gasteiger partial charge in [-0.25, -0.2) is 4.99 Å². The standard InChI is InChI=1S/C19H27NOSi/c1-14(2)21-18-13-19(3,4)16-9-8-15(12-17(16)20-18)10-11-22(5,6)7/h8-9,12,14H,13H2,1-7H3. The van der Waals surface area contributed by atoms with Crippen LogP contribution in [-0.4, -0.2) is 20.1 Å². The first-order valence-electron chi connectivity index (χ1n) is 7.99. The molecule has 1 aromatic rings. The Morgan fingerprint density at radius 3 is 2.50 bits per heavy atom. The van der Waals surface area contributed by atoms with Crippen LogP contribution in [0.3, 0.4) is 0 Å². The maximum absolute atomic E-state index is 5.86. The second-order valence-electron chi connectivity index (χ2n) is 7.96. The molecule has 1 aliphatic rings. The Balaban J connectivity index is 2.42. The van der Waals surface area contributed by atoms with Gasteiger partial charge in [-0.2, -0.15) is 0 Å². The third-order valence-corrected chi connectivity index (χ3v) is 4.39. The molecule has 1 aromatic carbocycles. The highest BCUT2D eigenvalue weighted by Gasteiger charge is 2.31. The minimum absolute atomic E-state index is 0.0477. The number of hydrogen-bond acceptors (Lipinski definition) is 2. The van der Waals surface area contributed by atoms with Gasteiger partial charge in [0, 0.05) is 17.4 Å². The Morgan fingerprint density at radius 1 is 1.23 bits per heavy atom. The highest BCUT2D eigenvalue weighted by Crippen LogP contribution is 2.39. The van der Waals surface area contributed by atoms with Crippen molar-refractivity contribution < 1.29 is 4.74 Å². The molecule has 0 saturated heterocycles. The minimum Gasteiger partial charge on any atom is -0.478 e. The molecule has 3 heteroatoms. The first kappa shape index (κ1) is 16.8. The normalized spacial score (nSPS) is 16.5. The lowest BCUT2D eigenvalue weighted by Crippen LogP contribution is -2.28. The molecule has 0 aliphatic carbocycles. The van der Waals surface area contributed by atoms with E-state index >= 15 is 0 Å². The van der Waals surface area contributed by atoms with Crippen LogP contribution in [-0.2, 0) is 10.2 Å². The average Bonchev–Trinajstić information content (AvgIpc) is 2.33. The predicted octanol–water partition coefficient (Wildman–Crippen LogP) is 5.05. The van der Waals surface area contributed by atoms with E-state index in [2.05, 4.69) is 63.2 Å². The molecular formula is C19H27NOSi. The Hall–Kier alpha value is -1.53. The van der Waals surface area contributed by atoms with Crippen LogP contribution in [0.2, 0.25) is 19.6 Å². The van der Waals surface area contributed by atoms with Crippen LogP contribution in [0.1, 0.15) is 45.2 Å². The molecule has 2 nitrogen and oxygen atoms in total. The zero-order chi connectivity index (χ0) is 16.5. The van der Waals surface area contributed by atoms with Crippen molar-refractivity contribution in [3.8, 4) is 11.5 Å². The van der Waals surface area contributed by atoms with E-state index < -0.39 is 8.07 Å². The van der Waals surface area contributed by atoms with Crippen molar-refractivity contribution in [2.45, 2.75) is 65.3 Å². The lowest BCUT2D eigenvalue weighted by atomic mass is 9.78. The van der Waals surface area contributed by atoms with Crippen LogP contribution >= 0.6 is 0 Å². The number of benzene rings is 1. The Labute approximate surface area is 136 Å². The average molecular weight is 314 g/mol. The van der Waals surface area contributed by atoms with Crippen molar-refractivity contribution >= 4 is 19.7 Å². The summed E-state index contributed by atoms with van der Waals surface area (Å²) in [7, 11) is -1.36. The van der Waals surface area contributed by atoms with Crippen LogP contribution in [0.4, 0.5) is 5.69 Å². The molecule has 0 N–H and O–H groups in total. The lowest BCUT2D eigenvalue weighted by molar-refractivity contribution is 0.214. The van der Waals surface area contributed by atoms with Crippen LogP contribution in [0.15, 0.2) is 23.2 Å². The molecule has 1 aliphatic heterocycles. The van der Waals surface area contributed by atoms with Crippen LogP contribution in [0, 0.1) is 11.5 Å². The Bertz CT molecular complexity index is 654. The molecule has 1 heterocycles. The number of rotatable bonds is 1. The number of nitrogens with zero attached hydrogens (tertiary/aromatic N) is 1. The summed E-state index contributed by atoms with van der Waals surface area (Å²) in [5, 5.41) is 0. The lowest BCUT2D eigenvalue weighted by Gasteiger charge is -2.31. The van der Waals surface area contributed by atoms with Gasteiger partial charge in [-0.1, -0.05) is 45.5 Å². The summed E-state index contributed by atoms with van der Waals surface area (Å²) in [6, 6.07) is 6.41. The summed E-state index contributed by atoms with van der Waals surface area (Å²) in [4.78, 5) is 4.72. The molecule has 118 valence electrons. The largest absolute Gasteiger partial charge is 0.478 e. The fraction of sp³-hybridized carbons (Fsp3) is 0.526. The summed E-state index contributed by atoms with van der Waals surface area (Å²) in [6.45, 7) is 15.4. The van der Waals surface area contributed by atoms with E-state index in [1.54, 1.807) is 0 Å². The highest BCUT2D eigenvalue weighted by atomic mass is 28.3. The van der Waals surface area contributed by atoms with Gasteiger partial charge >= 0.3 is 0 Å². The summed E-state index contributed by atoms with van der Waals surface area (Å²) < 4.78 is 5.86. The van der Waals surface area contributed by atoms with Gasteiger partial charge in [-0.05, 0) is 31.5 Å². The topological polar surface area (TPSA) is 21.6 Å². The number of aliphatic imine (C=N–C) groups is 1. The van der Waals surface area contributed by atoms with E-state index in [0.717, 1.165) is 23.6 Å². The summed E-state index contributed by atoms with van der Waals surface area (Å²) >= 11 is 0. The smallest absolute Gasteiger partial charge is 0.189 e. The molecule has 0 radical (unpaired) electrons. The zero-order valence-corrected chi connectivity index (χ0v) is 15.9. The predicted molar refractivity (Wildman–Crippen MR) is 97.6 cm³/mol. The SMILES string of the molecule is CC(C)OC1=Nc2cc(C#C[Si](C)(C)C)ccc2C(C)(C)C1. The molecule has 0 spiro atoms. The van der Waals surface area contributed by atoms with Gasteiger partial charge in [0.15, 0.2) is 5.90 Å². The molecule has 0 aromatic heterocycles. The van der Waals surface area contributed by atoms with Crippen molar-refractivity contribution in [2.24, 2.45) is 4.99 Å². The monoisotopic (exact) mass is 313 g/mol. The van der Waals surface area contributed by atoms with E-state index in [4.69, 9.17) is 9.73 Å². The molecule has 0 amide bonds. The fourth-order valence-electron chi connectivity index (χ4n) is 2.52. The second kappa shape index (κ2) is 5.93. The molecule has 0 fully saturated rings. The van der Waals surface area contributed by atoms with E-state index in [1.807, 2.05) is 13.8 Å². The quantitative estimate of drug-likeness (QED) is 0.525. The van der Waals surface area contributed by atoms with Gasteiger partial charge in [-0.3, -0.25) is 0 Å². The van der Waals surface area contributed by atoms with E-state index in [9.17, 15) is 0 Å². The van der Waals surface area contributed by atoms with Gasteiger partial charge in [0.05, 0.1) is 11.8 Å². The van der Waals surface area contributed by atoms with Gasteiger partial charge in [0.1, 0.15) is 8.07 Å². The number of ether oxygens (including phenoxy) is 1. The molecule has 22 heavy (non-hydrogen) atoms. The van der Waals surface area contributed by atoms with Crippen molar-refractivity contribution in [1.29, 1.82) is 0 Å². The first-order chi connectivity index (χ1) is 10.1. The molecule has 2 rings (SSSR count). The van der Waals surface area contributed by atoms with Crippen LogP contribution in [0.25, 0.3) is 0 Å². The molecule has 0 bridgehead atoms. The Morgan fingerprint density at radius 2 is 1.91 bits per heavy atom.